The lowest BCUT2D eigenvalue weighted by Gasteiger charge is -2.06. The lowest BCUT2D eigenvalue weighted by molar-refractivity contribution is -0.121. The van der Waals surface area contributed by atoms with Crippen molar-refractivity contribution in [3.63, 3.8) is 0 Å². The molecule has 0 unspecified atom stereocenters. The molecule has 0 saturated heterocycles. The highest BCUT2D eigenvalue weighted by Gasteiger charge is 2.16. The average molecular weight is 440 g/mol. The Hall–Kier alpha value is -4.52. The summed E-state index contributed by atoms with van der Waals surface area (Å²) in [5, 5.41) is 2.96. The van der Waals surface area contributed by atoms with Crippen molar-refractivity contribution in [3.05, 3.63) is 102 Å². The van der Waals surface area contributed by atoms with Gasteiger partial charge < -0.3 is 13.6 Å². The molecule has 0 atom stereocenters. The molecule has 7 heteroatoms. The predicted molar refractivity (Wildman–Crippen MR) is 123 cm³/mol. The summed E-state index contributed by atoms with van der Waals surface area (Å²) in [6.07, 6.45) is 1.62. The summed E-state index contributed by atoms with van der Waals surface area (Å²) in [7, 11) is 0. The molecule has 0 bridgehead atoms. The van der Waals surface area contributed by atoms with E-state index in [9.17, 15) is 9.59 Å². The van der Waals surface area contributed by atoms with E-state index >= 15 is 0 Å². The Kier molecular flexibility index (Phi) is 5.51. The van der Waals surface area contributed by atoms with E-state index in [1.165, 1.54) is 6.07 Å². The van der Waals surface area contributed by atoms with E-state index in [2.05, 4.69) is 10.9 Å². The third-order valence-electron chi connectivity index (χ3n) is 5.22. The van der Waals surface area contributed by atoms with Crippen molar-refractivity contribution in [3.8, 4) is 5.75 Å². The van der Waals surface area contributed by atoms with Gasteiger partial charge in [0.05, 0.1) is 12.7 Å². The first-order valence-electron chi connectivity index (χ1n) is 10.4. The van der Waals surface area contributed by atoms with Crippen molar-refractivity contribution in [2.75, 3.05) is 0 Å². The highest BCUT2D eigenvalue weighted by atomic mass is 16.5. The quantitative estimate of drug-likeness (QED) is 0.371. The van der Waals surface area contributed by atoms with Gasteiger partial charge in [0.1, 0.15) is 23.7 Å². The first-order valence-corrected chi connectivity index (χ1v) is 10.4. The maximum absolute atomic E-state index is 12.5. The van der Waals surface area contributed by atoms with Crippen molar-refractivity contribution in [2.24, 2.45) is 0 Å². The van der Waals surface area contributed by atoms with Gasteiger partial charge in [0, 0.05) is 10.9 Å². The molecule has 0 aliphatic carbocycles. The lowest BCUT2D eigenvalue weighted by atomic mass is 10.0. The summed E-state index contributed by atoms with van der Waals surface area (Å²) < 4.78 is 16.7. The number of amides is 2. The van der Waals surface area contributed by atoms with E-state index in [0.29, 0.717) is 17.1 Å². The third kappa shape index (κ3) is 4.43. The Morgan fingerprint density at radius 1 is 0.848 bits per heavy atom. The molecule has 2 heterocycles. The zero-order valence-corrected chi connectivity index (χ0v) is 17.5. The van der Waals surface area contributed by atoms with Gasteiger partial charge in [-0.3, -0.25) is 20.4 Å². The van der Waals surface area contributed by atoms with Gasteiger partial charge in [-0.2, -0.15) is 0 Å². The van der Waals surface area contributed by atoms with Crippen molar-refractivity contribution >= 4 is 33.6 Å². The number of hydrogen-bond acceptors (Lipinski definition) is 5. The van der Waals surface area contributed by atoms with Crippen LogP contribution in [-0.2, 0) is 17.8 Å². The molecule has 3 aromatic carbocycles. The molecule has 0 aliphatic heterocycles. The van der Waals surface area contributed by atoms with Crippen molar-refractivity contribution in [2.45, 2.75) is 13.0 Å². The van der Waals surface area contributed by atoms with Crippen LogP contribution in [0.5, 0.6) is 5.75 Å². The van der Waals surface area contributed by atoms with E-state index in [-0.39, 0.29) is 24.7 Å². The van der Waals surface area contributed by atoms with Crippen LogP contribution in [0.3, 0.4) is 0 Å². The summed E-state index contributed by atoms with van der Waals surface area (Å²) in [4.78, 5) is 24.8. The maximum Gasteiger partial charge on any atom is 0.305 e. The van der Waals surface area contributed by atoms with Crippen molar-refractivity contribution in [1.29, 1.82) is 0 Å². The van der Waals surface area contributed by atoms with Crippen LogP contribution < -0.4 is 15.6 Å². The van der Waals surface area contributed by atoms with Crippen LogP contribution in [-0.4, -0.2) is 11.8 Å². The largest absolute Gasteiger partial charge is 0.486 e. The van der Waals surface area contributed by atoms with E-state index < -0.39 is 5.91 Å². The second-order valence-corrected chi connectivity index (χ2v) is 7.47. The van der Waals surface area contributed by atoms with Crippen molar-refractivity contribution in [1.82, 2.24) is 10.9 Å². The first-order chi connectivity index (χ1) is 16.2. The Bertz CT molecular complexity index is 1440. The Labute approximate surface area is 188 Å². The van der Waals surface area contributed by atoms with E-state index in [0.717, 1.165) is 21.7 Å². The average Bonchev–Trinajstić information content (AvgIpc) is 3.49. The molecule has 5 aromatic rings. The molecule has 7 nitrogen and oxygen atoms in total. The minimum Gasteiger partial charge on any atom is -0.486 e. The second kappa shape index (κ2) is 8.92. The predicted octanol–water partition coefficient (Wildman–Crippen LogP) is 4.76. The fourth-order valence-corrected chi connectivity index (χ4v) is 3.66. The number of fused-ring (bicyclic) bond motifs is 3. The molecule has 2 N–H and O–H groups in total. The van der Waals surface area contributed by atoms with E-state index in [1.807, 2.05) is 66.7 Å². The minimum absolute atomic E-state index is 0.0512. The Morgan fingerprint density at radius 2 is 1.67 bits per heavy atom. The smallest absolute Gasteiger partial charge is 0.305 e. The molecular formula is C26H20N2O5. The zero-order chi connectivity index (χ0) is 22.6. The highest BCUT2D eigenvalue weighted by molar-refractivity contribution is 6.08. The normalized spacial score (nSPS) is 10.9. The summed E-state index contributed by atoms with van der Waals surface area (Å²) >= 11 is 0. The molecule has 33 heavy (non-hydrogen) atoms. The number of ether oxygens (including phenoxy) is 1. The molecule has 0 spiro atoms. The SMILES string of the molecule is O=C(Cc1coc2ccc3ccccc3c12)NNC(=O)c1ccc(COc2ccccc2)o1. The van der Waals surface area contributed by atoms with Gasteiger partial charge in [-0.15, -0.1) is 0 Å². The van der Waals surface area contributed by atoms with E-state index in [4.69, 9.17) is 13.6 Å². The molecule has 0 fully saturated rings. The standard InChI is InChI=1S/C26H20N2O5/c29-24(14-18-15-32-22-12-10-17-6-4-5-9-21(17)25(18)22)27-28-26(30)23-13-11-20(33-23)16-31-19-7-2-1-3-8-19/h1-13,15H,14,16H2,(H,27,29)(H,28,30). The number of rotatable bonds is 6. The van der Waals surface area contributed by atoms with Gasteiger partial charge in [0.15, 0.2) is 5.76 Å². The van der Waals surface area contributed by atoms with Crippen LogP contribution in [0.2, 0.25) is 0 Å². The minimum atomic E-state index is -0.559. The van der Waals surface area contributed by atoms with Crippen LogP contribution in [0.25, 0.3) is 21.7 Å². The summed E-state index contributed by atoms with van der Waals surface area (Å²) in [5.74, 6) is 0.329. The number of benzene rings is 3. The molecule has 0 radical (unpaired) electrons. The Morgan fingerprint density at radius 3 is 2.55 bits per heavy atom. The number of furan rings is 2. The van der Waals surface area contributed by atoms with Gasteiger partial charge >= 0.3 is 5.91 Å². The molecule has 0 aliphatic rings. The number of carbonyl (C=O) groups is 2. The molecule has 5 rings (SSSR count). The van der Waals surface area contributed by atoms with Gasteiger partial charge in [-0.05, 0) is 41.1 Å². The molecule has 0 saturated carbocycles. The van der Waals surface area contributed by atoms with Crippen LogP contribution in [0.15, 0.2) is 94.0 Å². The van der Waals surface area contributed by atoms with E-state index in [1.54, 1.807) is 12.3 Å². The number of para-hydroxylation sites is 1. The van der Waals surface area contributed by atoms with Crippen LogP contribution in [0.1, 0.15) is 21.9 Å². The molecule has 2 aromatic heterocycles. The summed E-state index contributed by atoms with van der Waals surface area (Å²) in [6.45, 7) is 0.186. The van der Waals surface area contributed by atoms with Gasteiger partial charge in [-0.25, -0.2) is 0 Å². The summed E-state index contributed by atoms with van der Waals surface area (Å²) in [5.41, 5.74) is 6.26. The third-order valence-corrected chi connectivity index (χ3v) is 5.22. The fourth-order valence-electron chi connectivity index (χ4n) is 3.66. The monoisotopic (exact) mass is 440 g/mol. The molecule has 2 amide bonds. The van der Waals surface area contributed by atoms with Crippen LogP contribution in [0.4, 0.5) is 0 Å². The van der Waals surface area contributed by atoms with Gasteiger partial charge in [-0.1, -0.05) is 48.5 Å². The van der Waals surface area contributed by atoms with Crippen molar-refractivity contribution < 1.29 is 23.2 Å². The summed E-state index contributed by atoms with van der Waals surface area (Å²) in [6, 6.07) is 24.3. The number of hydrazine groups is 1. The van der Waals surface area contributed by atoms with Crippen LogP contribution >= 0.6 is 0 Å². The Balaban J connectivity index is 1.19. The maximum atomic E-state index is 12.5. The number of hydrogen-bond donors (Lipinski definition) is 2. The highest BCUT2D eigenvalue weighted by Crippen LogP contribution is 2.30. The zero-order valence-electron chi connectivity index (χ0n) is 17.5. The van der Waals surface area contributed by atoms with Gasteiger partial charge in [0.2, 0.25) is 5.91 Å². The fraction of sp³-hybridized carbons (Fsp3) is 0.0769. The topological polar surface area (TPSA) is 93.7 Å². The number of nitrogens with one attached hydrogen (secondary N) is 2. The van der Waals surface area contributed by atoms with Crippen LogP contribution in [0, 0.1) is 0 Å². The number of carbonyl (C=O) groups excluding carboxylic acids is 2. The van der Waals surface area contributed by atoms with Gasteiger partial charge in [0.25, 0.3) is 0 Å². The molecular weight excluding hydrogens is 420 g/mol. The second-order valence-electron chi connectivity index (χ2n) is 7.47. The first kappa shape index (κ1) is 20.4. The molecule has 164 valence electrons. The lowest BCUT2D eigenvalue weighted by Crippen LogP contribution is -2.42.